The normalized spacial score (nSPS) is 21.5. The van der Waals surface area contributed by atoms with Crippen LogP contribution >= 0.6 is 0 Å². The van der Waals surface area contributed by atoms with Gasteiger partial charge in [0.25, 0.3) is 0 Å². The van der Waals surface area contributed by atoms with Crippen molar-refractivity contribution in [2.75, 3.05) is 0 Å². The average molecular weight is 871 g/mol. The van der Waals surface area contributed by atoms with Crippen molar-refractivity contribution < 1.29 is 75.4 Å². The van der Waals surface area contributed by atoms with Crippen LogP contribution in [0.3, 0.4) is 0 Å². The topological polar surface area (TPSA) is 0 Å². The molecule has 0 atom stereocenters. The smallest absolute Gasteiger partial charge is 0.0253 e. The summed E-state index contributed by atoms with van der Waals surface area (Å²) in [5, 5.41) is 0. The van der Waals surface area contributed by atoms with E-state index >= 15 is 0 Å². The zero-order valence-electron chi connectivity index (χ0n) is 30.7. The van der Waals surface area contributed by atoms with Gasteiger partial charge in [-0.25, -0.2) is 6.07 Å². The van der Waals surface area contributed by atoms with Gasteiger partial charge in [-0.3, -0.25) is 0 Å². The van der Waals surface area contributed by atoms with Crippen LogP contribution in [0.25, 0.3) is 11.1 Å². The van der Waals surface area contributed by atoms with Crippen LogP contribution in [0.1, 0.15) is 88.6 Å². The number of hydrogen-bond donors (Lipinski definition) is 0. The minimum Gasteiger partial charge on any atom is -1.00 e. The van der Waals surface area contributed by atoms with E-state index in [2.05, 4.69) is 68.4 Å². The van der Waals surface area contributed by atoms with Gasteiger partial charge in [0.2, 0.25) is 0 Å². The molecule has 0 aliphatic heterocycles. The summed E-state index contributed by atoms with van der Waals surface area (Å²) < 4.78 is 76.7. The molecule has 288 valence electrons. The maximum atomic E-state index is 12.7. The van der Waals surface area contributed by atoms with Crippen LogP contribution in [-0.4, -0.2) is 3.21 Å². The monoisotopic (exact) mass is 868 g/mol. The Morgan fingerprint density at radius 2 is 1.24 bits per heavy atom. The molecule has 0 amide bonds. The van der Waals surface area contributed by atoms with Crippen molar-refractivity contribution >= 4 is 3.21 Å². The third kappa shape index (κ3) is 10.00. The molecule has 4 saturated carbocycles. The quantitative estimate of drug-likeness (QED) is 0.137. The number of rotatable bonds is 4. The van der Waals surface area contributed by atoms with Gasteiger partial charge in [-0.1, -0.05) is 55.7 Å². The Balaban J connectivity index is 0.000000159. The summed E-state index contributed by atoms with van der Waals surface area (Å²) in [5.41, 5.74) is 9.79. The van der Waals surface area contributed by atoms with E-state index in [9.17, 15) is 26.3 Å². The molecular formula is C46H42Cl2F6Zr-2. The second kappa shape index (κ2) is 17.3. The Labute approximate surface area is 347 Å². The molecule has 4 fully saturated rings. The molecule has 0 nitrogen and oxygen atoms in total. The predicted octanol–water partition coefficient (Wildman–Crippen LogP) is 6.69. The van der Waals surface area contributed by atoms with Crippen LogP contribution in [0.4, 0.5) is 26.3 Å². The van der Waals surface area contributed by atoms with Crippen molar-refractivity contribution in [3.05, 3.63) is 159 Å². The van der Waals surface area contributed by atoms with Crippen LogP contribution in [0.2, 0.25) is 0 Å². The molecule has 4 bridgehead atoms. The predicted molar refractivity (Wildman–Crippen MR) is 195 cm³/mol. The van der Waals surface area contributed by atoms with Gasteiger partial charge in [-0.15, -0.1) is 5.56 Å². The molecule has 5 aliphatic carbocycles. The molecule has 0 heterocycles. The molecule has 5 aromatic carbocycles. The van der Waals surface area contributed by atoms with E-state index < -0.39 is 23.5 Å². The first-order valence-electron chi connectivity index (χ1n) is 18.4. The third-order valence-electron chi connectivity index (χ3n) is 11.7. The Kier molecular flexibility index (Phi) is 13.6. The maximum Gasteiger partial charge on any atom is -0.0253 e. The van der Waals surface area contributed by atoms with Gasteiger partial charge in [-0.2, -0.15) is 52.6 Å². The van der Waals surface area contributed by atoms with Gasteiger partial charge in [-0.05, 0) is 68.1 Å². The van der Waals surface area contributed by atoms with E-state index in [0.717, 1.165) is 72.7 Å². The Hall–Kier alpha value is -2.86. The van der Waals surface area contributed by atoms with Crippen molar-refractivity contribution in [2.45, 2.75) is 77.6 Å². The zero-order chi connectivity index (χ0) is 37.5. The van der Waals surface area contributed by atoms with Crippen molar-refractivity contribution in [1.82, 2.24) is 0 Å². The van der Waals surface area contributed by atoms with E-state index in [1.807, 2.05) is 6.07 Å². The number of benzene rings is 4. The van der Waals surface area contributed by atoms with Crippen molar-refractivity contribution in [3.63, 3.8) is 0 Å². The fourth-order valence-electron chi connectivity index (χ4n) is 9.83. The maximum absolute atomic E-state index is 12.7. The number of fused-ring (bicyclic) bond motifs is 3. The minimum atomic E-state index is -4.49. The van der Waals surface area contributed by atoms with Crippen molar-refractivity contribution in [2.24, 2.45) is 23.2 Å². The second-order valence-electron chi connectivity index (χ2n) is 15.8. The molecule has 0 aromatic heterocycles. The molecule has 0 unspecified atom stereocenters. The molecule has 0 spiro atoms. The van der Waals surface area contributed by atoms with E-state index in [1.165, 1.54) is 58.5 Å². The first kappa shape index (κ1) is 43.3. The Morgan fingerprint density at radius 3 is 1.75 bits per heavy atom. The Morgan fingerprint density at radius 1 is 0.709 bits per heavy atom. The summed E-state index contributed by atoms with van der Waals surface area (Å²) in [6.07, 6.45) is 2.80. The first-order chi connectivity index (χ1) is 25.2. The molecule has 55 heavy (non-hydrogen) atoms. The SMILES string of the molecule is Cc1cc(CC23CC4CC(CC(C4)C2)C3)c(C)[cH-]1.FC(F)(F)c1cccc([C](=[Zr+2])c2cccc(C(F)(F)F)c2)c1.[Cl-].[Cl-].[c-]1cccc2c1Cc1ccccc1-2. The molecule has 0 N–H and O–H groups in total. The van der Waals surface area contributed by atoms with Crippen LogP contribution in [0.15, 0.2) is 103 Å². The van der Waals surface area contributed by atoms with Gasteiger partial charge < -0.3 is 24.8 Å². The Bertz CT molecular complexity index is 1970. The number of halogens is 8. The largest absolute Gasteiger partial charge is 1.00 e. The molecule has 5 aromatic rings. The van der Waals surface area contributed by atoms with Crippen LogP contribution in [-0.2, 0) is 49.4 Å². The summed E-state index contributed by atoms with van der Waals surface area (Å²) in [4.78, 5) is 0. The van der Waals surface area contributed by atoms with Gasteiger partial charge in [0.05, 0.1) is 0 Å². The van der Waals surface area contributed by atoms with E-state index in [4.69, 9.17) is 0 Å². The van der Waals surface area contributed by atoms with Crippen molar-refractivity contribution in [1.29, 1.82) is 0 Å². The third-order valence-corrected chi connectivity index (χ3v) is 13.1. The van der Waals surface area contributed by atoms with Crippen LogP contribution < -0.4 is 24.8 Å². The van der Waals surface area contributed by atoms with Crippen LogP contribution in [0.5, 0.6) is 0 Å². The molecule has 9 heteroatoms. The second-order valence-corrected chi connectivity index (χ2v) is 17.0. The standard InChI is InChI=1S/C18H25.C15H8F6.C13H9.2ClH.Zr/c1-12-3-13(2)17(4-12)11-18-8-14-5-15(9-18)7-16(6-14)10-18;16-14(17,18)12-5-1-3-10(8-12)7-11-4-2-6-13(9-11)15(19,20)21;1-3-7-12-10(5-1)9-11-6-2-4-8-13(11)12;;;/h3-4,14-16H,5-11H2,1-2H3;1-6,8-9H;1-5,7-8H,9H2;2*1H;/q-1;;-1;;;+2/p-2. The summed E-state index contributed by atoms with van der Waals surface area (Å²) >= 11 is 0.729. The fraction of sp³-hybridized carbons (Fsp3) is 0.348. The number of aryl methyl sites for hydroxylation is 2. The number of hydrogen-bond acceptors (Lipinski definition) is 0. The molecule has 0 saturated heterocycles. The van der Waals surface area contributed by atoms with Gasteiger partial charge >= 0.3 is 137 Å². The van der Waals surface area contributed by atoms with E-state index in [-0.39, 0.29) is 35.9 Å². The molecular weight excluding hydrogens is 829 g/mol. The molecule has 5 aliphatic rings. The number of alkyl halides is 6. The zero-order valence-corrected chi connectivity index (χ0v) is 34.7. The van der Waals surface area contributed by atoms with Gasteiger partial charge in [0.15, 0.2) is 0 Å². The molecule has 0 radical (unpaired) electrons. The summed E-state index contributed by atoms with van der Waals surface area (Å²) in [5.74, 6) is 3.27. The average Bonchev–Trinajstić information content (AvgIpc) is 3.64. The fourth-order valence-corrected chi connectivity index (χ4v) is 10.6. The summed E-state index contributed by atoms with van der Waals surface area (Å²) in [7, 11) is 0. The molecule has 10 rings (SSSR count). The van der Waals surface area contributed by atoms with Crippen molar-refractivity contribution in [3.8, 4) is 11.1 Å². The summed E-state index contributed by atoms with van der Waals surface area (Å²) in [6, 6.07) is 32.1. The minimum absolute atomic E-state index is 0. The summed E-state index contributed by atoms with van der Waals surface area (Å²) in [6.45, 7) is 4.55. The first-order valence-corrected chi connectivity index (χ1v) is 19.6. The van der Waals surface area contributed by atoms with E-state index in [0.29, 0.717) is 8.62 Å². The van der Waals surface area contributed by atoms with E-state index in [1.54, 1.807) is 49.7 Å². The van der Waals surface area contributed by atoms with Gasteiger partial charge in [0, 0.05) is 0 Å². The van der Waals surface area contributed by atoms with Gasteiger partial charge in [0.1, 0.15) is 0 Å². The van der Waals surface area contributed by atoms with Crippen LogP contribution in [0, 0.1) is 43.1 Å².